The molecule has 0 aromatic carbocycles. The van der Waals surface area contributed by atoms with Crippen LogP contribution in [0.1, 0.15) is 110 Å². The van der Waals surface area contributed by atoms with Crippen molar-refractivity contribution in [1.29, 1.82) is 0 Å². The molecule has 0 aliphatic carbocycles. The van der Waals surface area contributed by atoms with Crippen molar-refractivity contribution in [3.8, 4) is 0 Å². The Hall–Kier alpha value is -0.850. The smallest absolute Gasteiger partial charge is 0.550 e. The Labute approximate surface area is 198 Å². The first-order chi connectivity index (χ1) is 13.4. The third kappa shape index (κ3) is 38.4. The van der Waals surface area contributed by atoms with Gasteiger partial charge in [-0.05, 0) is 25.0 Å². The Bertz CT molecular complexity index is 408. The molecule has 7 heteroatoms. The van der Waals surface area contributed by atoms with E-state index in [1.165, 1.54) is 83.5 Å². The van der Waals surface area contributed by atoms with E-state index >= 15 is 0 Å². The number of carboxylic acids is 3. The van der Waals surface area contributed by atoms with Gasteiger partial charge in [0, 0.05) is 5.97 Å². The predicted molar refractivity (Wildman–Crippen MR) is 104 cm³/mol. The number of rotatable bonds is 18. The third-order valence-corrected chi connectivity index (χ3v) is 4.34. The van der Waals surface area contributed by atoms with Crippen molar-refractivity contribution in [2.75, 3.05) is 0 Å². The van der Waals surface area contributed by atoms with Gasteiger partial charge < -0.3 is 29.7 Å². The average molecular weight is 421 g/mol. The molecule has 0 N–H and O–H groups in total. The van der Waals surface area contributed by atoms with E-state index in [0.717, 1.165) is 12.8 Å². The molecule has 0 radical (unpaired) electrons. The first kappa shape index (κ1) is 32.8. The Morgan fingerprint density at radius 2 is 0.828 bits per heavy atom. The number of hydrogen-bond acceptors (Lipinski definition) is 6. The van der Waals surface area contributed by atoms with E-state index in [1.807, 2.05) is 0 Å². The topological polar surface area (TPSA) is 120 Å². The quantitative estimate of drug-likeness (QED) is 0.160. The molecule has 0 spiro atoms. The van der Waals surface area contributed by atoms with E-state index in [-0.39, 0.29) is 36.0 Å². The van der Waals surface area contributed by atoms with E-state index in [9.17, 15) is 29.7 Å². The standard InChI is InChI=1S/C18H36O2.C4H4O4.Na/c1-2-3-4-5-6-7-8-9-10-11-12-13-14-15-16-17-18(19)20;5-3(6)1-2-4(7)8;/h2-17H2,1H3,(H,19,20);1-2H,(H,5,6)(H,7,8);/q;;+1/p-3/b;2-1+;. The molecular formula is C22H37NaO6-2. The van der Waals surface area contributed by atoms with E-state index in [4.69, 9.17) is 0 Å². The normalized spacial score (nSPS) is 10.1. The third-order valence-electron chi connectivity index (χ3n) is 4.34. The Morgan fingerprint density at radius 3 is 1.07 bits per heavy atom. The summed E-state index contributed by atoms with van der Waals surface area (Å²) < 4.78 is 0. The molecule has 0 bridgehead atoms. The predicted octanol–water partition coefficient (Wildman–Crippen LogP) is -0.956. The van der Waals surface area contributed by atoms with Gasteiger partial charge in [-0.25, -0.2) is 0 Å². The molecule has 0 atom stereocenters. The second-order valence-electron chi connectivity index (χ2n) is 7.04. The Kier molecular flexibility index (Phi) is 30.7. The SMILES string of the molecule is CCCCCCCCCCCCCCCCCC(=O)[O-].O=C([O-])/C=C/C(=O)[O-].[Na+]. The van der Waals surface area contributed by atoms with Crippen LogP contribution in [0.15, 0.2) is 12.2 Å². The first-order valence-corrected chi connectivity index (χ1v) is 10.7. The van der Waals surface area contributed by atoms with Crippen LogP contribution in [0.5, 0.6) is 0 Å². The van der Waals surface area contributed by atoms with Crippen LogP contribution in [0.25, 0.3) is 0 Å². The first-order valence-electron chi connectivity index (χ1n) is 10.7. The maximum Gasteiger partial charge on any atom is 1.00 e. The van der Waals surface area contributed by atoms with Gasteiger partial charge in [0.05, 0.1) is 11.9 Å². The van der Waals surface area contributed by atoms with Gasteiger partial charge in [0.15, 0.2) is 0 Å². The van der Waals surface area contributed by atoms with Crippen molar-refractivity contribution >= 4 is 17.9 Å². The monoisotopic (exact) mass is 420 g/mol. The molecule has 0 unspecified atom stereocenters. The van der Waals surface area contributed by atoms with Crippen molar-refractivity contribution in [3.05, 3.63) is 12.2 Å². The van der Waals surface area contributed by atoms with Crippen molar-refractivity contribution in [1.82, 2.24) is 0 Å². The average Bonchev–Trinajstić information content (AvgIpc) is 2.63. The second-order valence-corrected chi connectivity index (χ2v) is 7.04. The van der Waals surface area contributed by atoms with E-state index in [1.54, 1.807) is 0 Å². The number of carboxylic acid groups (broad SMARTS) is 3. The Morgan fingerprint density at radius 1 is 0.552 bits per heavy atom. The minimum absolute atomic E-state index is 0. The van der Waals surface area contributed by atoms with Crippen molar-refractivity contribution in [3.63, 3.8) is 0 Å². The fraction of sp³-hybridized carbons (Fsp3) is 0.773. The van der Waals surface area contributed by atoms with Crippen LogP contribution in [0, 0.1) is 0 Å². The summed E-state index contributed by atoms with van der Waals surface area (Å²) in [5.74, 6) is -4.00. The molecule has 29 heavy (non-hydrogen) atoms. The molecule has 164 valence electrons. The van der Waals surface area contributed by atoms with Crippen LogP contribution in [-0.4, -0.2) is 17.9 Å². The summed E-state index contributed by atoms with van der Waals surface area (Å²) in [6, 6.07) is 0. The molecule has 0 aliphatic rings. The van der Waals surface area contributed by atoms with Crippen molar-refractivity contribution < 1.29 is 59.3 Å². The summed E-state index contributed by atoms with van der Waals surface area (Å²) in [6.45, 7) is 2.27. The van der Waals surface area contributed by atoms with Gasteiger partial charge in [0.1, 0.15) is 0 Å². The summed E-state index contributed by atoms with van der Waals surface area (Å²) in [5, 5.41) is 29.1. The zero-order chi connectivity index (χ0) is 21.5. The molecule has 0 rings (SSSR count). The van der Waals surface area contributed by atoms with Gasteiger partial charge in [-0.3, -0.25) is 0 Å². The zero-order valence-corrected chi connectivity index (χ0v) is 20.4. The summed E-state index contributed by atoms with van der Waals surface area (Å²) in [7, 11) is 0. The number of hydrogen-bond donors (Lipinski definition) is 0. The number of aliphatic carboxylic acids is 3. The van der Waals surface area contributed by atoms with Crippen molar-refractivity contribution in [2.24, 2.45) is 0 Å². The summed E-state index contributed by atoms with van der Waals surface area (Å²) >= 11 is 0. The van der Waals surface area contributed by atoms with E-state index < -0.39 is 17.9 Å². The zero-order valence-electron chi connectivity index (χ0n) is 18.4. The van der Waals surface area contributed by atoms with Gasteiger partial charge in [-0.2, -0.15) is 0 Å². The molecule has 0 aromatic heterocycles. The van der Waals surface area contributed by atoms with E-state index in [2.05, 4.69) is 6.92 Å². The van der Waals surface area contributed by atoms with Gasteiger partial charge in [-0.1, -0.05) is 96.8 Å². The minimum atomic E-state index is -1.55. The van der Waals surface area contributed by atoms with Crippen LogP contribution < -0.4 is 44.9 Å². The largest absolute Gasteiger partial charge is 1.00 e. The van der Waals surface area contributed by atoms with Crippen LogP contribution in [-0.2, 0) is 14.4 Å². The molecule has 0 saturated heterocycles. The summed E-state index contributed by atoms with van der Waals surface area (Å²) in [4.78, 5) is 29.1. The minimum Gasteiger partial charge on any atom is -0.550 e. The van der Waals surface area contributed by atoms with Gasteiger partial charge in [0.25, 0.3) is 0 Å². The van der Waals surface area contributed by atoms with Gasteiger partial charge in [-0.15, -0.1) is 0 Å². The van der Waals surface area contributed by atoms with Gasteiger partial charge >= 0.3 is 29.6 Å². The van der Waals surface area contributed by atoms with Gasteiger partial charge in [0.2, 0.25) is 0 Å². The second kappa shape index (κ2) is 27.1. The maximum absolute atomic E-state index is 10.2. The molecule has 0 aromatic rings. The molecule has 0 fully saturated rings. The number of unbranched alkanes of at least 4 members (excludes halogenated alkanes) is 14. The van der Waals surface area contributed by atoms with Crippen LogP contribution in [0.2, 0.25) is 0 Å². The fourth-order valence-electron chi connectivity index (χ4n) is 2.78. The molecule has 0 amide bonds. The van der Waals surface area contributed by atoms with E-state index in [0.29, 0.717) is 12.2 Å². The van der Waals surface area contributed by atoms with Crippen LogP contribution in [0.4, 0.5) is 0 Å². The molecular weight excluding hydrogens is 383 g/mol. The molecule has 0 aliphatic heterocycles. The van der Waals surface area contributed by atoms with Crippen LogP contribution >= 0.6 is 0 Å². The summed E-state index contributed by atoms with van der Waals surface area (Å²) in [6.07, 6.45) is 20.6. The molecule has 0 heterocycles. The van der Waals surface area contributed by atoms with Crippen molar-refractivity contribution in [2.45, 2.75) is 110 Å². The number of carbonyl (C=O) groups is 3. The fourth-order valence-corrected chi connectivity index (χ4v) is 2.78. The molecule has 6 nitrogen and oxygen atoms in total. The molecule has 0 saturated carbocycles. The van der Waals surface area contributed by atoms with Crippen LogP contribution in [0.3, 0.4) is 0 Å². The summed E-state index contributed by atoms with van der Waals surface area (Å²) in [5.41, 5.74) is 0. The Balaban J connectivity index is -0.000000636. The maximum atomic E-state index is 10.2. The number of carbonyl (C=O) groups excluding carboxylic acids is 3.